The normalized spacial score (nSPS) is 17.0. The maximum atomic E-state index is 14.0. The lowest BCUT2D eigenvalue weighted by atomic mass is 10.1. The molecular formula is C15H14F2N6. The minimum Gasteiger partial charge on any atom is -0.310 e. The first-order valence-corrected chi connectivity index (χ1v) is 7.25. The van der Waals surface area contributed by atoms with Crippen molar-refractivity contribution < 1.29 is 8.78 Å². The smallest absolute Gasteiger partial charge is 0.147 e. The SMILES string of the molecule is C=C(F)/C(C1=Nc2cn[nH]c2-c2cnn3c2N1CCC3)=C(\C)F. The Balaban J connectivity index is 2.03. The summed E-state index contributed by atoms with van der Waals surface area (Å²) in [5.74, 6) is -0.561. The first-order chi connectivity index (χ1) is 11.1. The van der Waals surface area contributed by atoms with Gasteiger partial charge in [0.1, 0.15) is 29.0 Å². The second kappa shape index (κ2) is 4.87. The van der Waals surface area contributed by atoms with Gasteiger partial charge in [-0.15, -0.1) is 0 Å². The molecule has 0 amide bonds. The van der Waals surface area contributed by atoms with Gasteiger partial charge in [0.15, 0.2) is 0 Å². The molecule has 0 saturated carbocycles. The molecule has 0 atom stereocenters. The van der Waals surface area contributed by atoms with Crippen molar-refractivity contribution in [3.8, 4) is 11.3 Å². The molecule has 2 aliphatic heterocycles. The Labute approximate surface area is 130 Å². The Hall–Kier alpha value is -2.77. The Morgan fingerprint density at radius 1 is 1.30 bits per heavy atom. The maximum Gasteiger partial charge on any atom is 0.147 e. The van der Waals surface area contributed by atoms with Gasteiger partial charge in [0.2, 0.25) is 0 Å². The number of amidine groups is 1. The lowest BCUT2D eigenvalue weighted by molar-refractivity contribution is 0.545. The molecular weight excluding hydrogens is 302 g/mol. The molecule has 0 bridgehead atoms. The van der Waals surface area contributed by atoms with Crippen molar-refractivity contribution in [1.29, 1.82) is 0 Å². The van der Waals surface area contributed by atoms with E-state index in [0.717, 1.165) is 24.3 Å². The van der Waals surface area contributed by atoms with E-state index in [-0.39, 0.29) is 11.4 Å². The third-order valence-electron chi connectivity index (χ3n) is 4.03. The average Bonchev–Trinajstić information content (AvgIpc) is 3.08. The number of allylic oxidation sites excluding steroid dienone is 1. The number of rotatable bonds is 2. The fraction of sp³-hybridized carbons (Fsp3) is 0.267. The summed E-state index contributed by atoms with van der Waals surface area (Å²) in [6, 6.07) is 0. The largest absolute Gasteiger partial charge is 0.310 e. The second-order valence-electron chi connectivity index (χ2n) is 5.49. The van der Waals surface area contributed by atoms with Gasteiger partial charge in [0, 0.05) is 13.1 Å². The zero-order valence-corrected chi connectivity index (χ0v) is 12.5. The lowest BCUT2D eigenvalue weighted by Crippen LogP contribution is -2.38. The summed E-state index contributed by atoms with van der Waals surface area (Å²) in [6.45, 7) is 5.80. The zero-order chi connectivity index (χ0) is 16.1. The first kappa shape index (κ1) is 13.9. The van der Waals surface area contributed by atoms with Crippen LogP contribution in [-0.4, -0.2) is 32.4 Å². The molecule has 0 saturated heterocycles. The summed E-state index contributed by atoms with van der Waals surface area (Å²) >= 11 is 0. The van der Waals surface area contributed by atoms with E-state index in [9.17, 15) is 8.78 Å². The van der Waals surface area contributed by atoms with Crippen LogP contribution in [0.1, 0.15) is 13.3 Å². The molecule has 0 unspecified atom stereocenters. The number of anilines is 1. The number of nitrogens with zero attached hydrogens (tertiary/aromatic N) is 5. The summed E-state index contributed by atoms with van der Waals surface area (Å²) < 4.78 is 29.7. The number of fused-ring (bicyclic) bond motifs is 2. The number of hydrogen-bond donors (Lipinski definition) is 1. The Bertz CT molecular complexity index is 868. The summed E-state index contributed by atoms with van der Waals surface area (Å²) in [6.07, 6.45) is 4.06. The highest BCUT2D eigenvalue weighted by molar-refractivity contribution is 6.16. The van der Waals surface area contributed by atoms with E-state index in [0.29, 0.717) is 17.9 Å². The van der Waals surface area contributed by atoms with Crippen LogP contribution in [0.3, 0.4) is 0 Å². The second-order valence-corrected chi connectivity index (χ2v) is 5.49. The molecule has 23 heavy (non-hydrogen) atoms. The van der Waals surface area contributed by atoms with Crippen molar-refractivity contribution in [2.75, 3.05) is 11.4 Å². The van der Waals surface area contributed by atoms with Crippen LogP contribution in [0.15, 0.2) is 41.2 Å². The van der Waals surface area contributed by atoms with Crippen LogP contribution in [0.4, 0.5) is 20.3 Å². The third kappa shape index (κ3) is 1.94. The highest BCUT2D eigenvalue weighted by Gasteiger charge is 2.33. The number of aromatic amines is 1. The van der Waals surface area contributed by atoms with E-state index >= 15 is 0 Å². The van der Waals surface area contributed by atoms with E-state index in [4.69, 9.17) is 0 Å². The molecule has 6 nitrogen and oxygen atoms in total. The van der Waals surface area contributed by atoms with Crippen LogP contribution in [-0.2, 0) is 6.54 Å². The number of halogens is 2. The van der Waals surface area contributed by atoms with Crippen molar-refractivity contribution >= 4 is 17.3 Å². The molecule has 4 heterocycles. The number of nitrogens with one attached hydrogen (secondary N) is 1. The molecule has 0 radical (unpaired) electrons. The molecule has 0 spiro atoms. The van der Waals surface area contributed by atoms with Crippen LogP contribution < -0.4 is 4.90 Å². The van der Waals surface area contributed by atoms with Gasteiger partial charge in [-0.3, -0.25) is 5.10 Å². The van der Waals surface area contributed by atoms with Crippen molar-refractivity contribution in [3.63, 3.8) is 0 Å². The van der Waals surface area contributed by atoms with Crippen molar-refractivity contribution in [2.45, 2.75) is 19.9 Å². The number of aryl methyl sites for hydroxylation is 1. The van der Waals surface area contributed by atoms with Crippen molar-refractivity contribution in [1.82, 2.24) is 20.0 Å². The van der Waals surface area contributed by atoms with Crippen LogP contribution in [0.25, 0.3) is 11.3 Å². The van der Waals surface area contributed by atoms with E-state index in [1.165, 1.54) is 13.1 Å². The van der Waals surface area contributed by atoms with Crippen LogP contribution in [0.2, 0.25) is 0 Å². The van der Waals surface area contributed by atoms with Crippen molar-refractivity contribution in [3.05, 3.63) is 36.2 Å². The molecule has 0 aliphatic carbocycles. The first-order valence-electron chi connectivity index (χ1n) is 7.25. The van der Waals surface area contributed by atoms with E-state index in [1.807, 2.05) is 4.68 Å². The van der Waals surface area contributed by atoms with Gasteiger partial charge in [-0.2, -0.15) is 10.2 Å². The minimum absolute atomic E-state index is 0.195. The molecule has 4 rings (SSSR count). The number of aromatic nitrogens is 4. The summed E-state index contributed by atoms with van der Waals surface area (Å²) in [5, 5.41) is 11.3. The van der Waals surface area contributed by atoms with Gasteiger partial charge in [0.05, 0.1) is 29.2 Å². The van der Waals surface area contributed by atoms with Gasteiger partial charge in [-0.1, -0.05) is 6.58 Å². The summed E-state index contributed by atoms with van der Waals surface area (Å²) in [7, 11) is 0. The Morgan fingerprint density at radius 3 is 2.87 bits per heavy atom. The molecule has 1 N–H and O–H groups in total. The van der Waals surface area contributed by atoms with Gasteiger partial charge in [-0.05, 0) is 13.3 Å². The average molecular weight is 316 g/mol. The zero-order valence-electron chi connectivity index (χ0n) is 12.5. The molecule has 0 aromatic carbocycles. The van der Waals surface area contributed by atoms with Gasteiger partial charge in [-0.25, -0.2) is 18.5 Å². The van der Waals surface area contributed by atoms with Crippen molar-refractivity contribution in [2.24, 2.45) is 4.99 Å². The fourth-order valence-electron chi connectivity index (χ4n) is 3.08. The topological polar surface area (TPSA) is 62.1 Å². The fourth-order valence-corrected chi connectivity index (χ4v) is 3.08. The van der Waals surface area contributed by atoms with Crippen LogP contribution in [0.5, 0.6) is 0 Å². The Kier molecular flexibility index (Phi) is 2.93. The van der Waals surface area contributed by atoms with E-state index < -0.39 is 11.7 Å². The third-order valence-corrected chi connectivity index (χ3v) is 4.03. The monoisotopic (exact) mass is 316 g/mol. The predicted octanol–water partition coefficient (Wildman–Crippen LogP) is 3.25. The number of aliphatic imine (C=N–C) groups is 1. The molecule has 2 aromatic heterocycles. The molecule has 118 valence electrons. The van der Waals surface area contributed by atoms with Gasteiger partial charge < -0.3 is 4.90 Å². The molecule has 8 heteroatoms. The quantitative estimate of drug-likeness (QED) is 0.865. The highest BCUT2D eigenvalue weighted by atomic mass is 19.1. The molecule has 2 aromatic rings. The van der Waals surface area contributed by atoms with Gasteiger partial charge in [0.25, 0.3) is 0 Å². The van der Waals surface area contributed by atoms with Crippen LogP contribution >= 0.6 is 0 Å². The minimum atomic E-state index is -0.853. The summed E-state index contributed by atoms with van der Waals surface area (Å²) in [5.41, 5.74) is 1.80. The van der Waals surface area contributed by atoms with E-state index in [1.54, 1.807) is 11.1 Å². The predicted molar refractivity (Wildman–Crippen MR) is 82.9 cm³/mol. The number of hydrogen-bond acceptors (Lipinski definition) is 4. The van der Waals surface area contributed by atoms with Crippen LogP contribution in [0, 0.1) is 0 Å². The lowest BCUT2D eigenvalue weighted by Gasteiger charge is -2.31. The summed E-state index contributed by atoms with van der Waals surface area (Å²) in [4.78, 5) is 6.26. The van der Waals surface area contributed by atoms with E-state index in [2.05, 4.69) is 26.9 Å². The number of H-pyrrole nitrogens is 1. The molecule has 0 fully saturated rings. The standard InChI is InChI=1S/C15H14F2N6/c1-8(16)12(9(2)17)14-20-11-7-18-21-13(11)10-6-19-23-5-3-4-22(14)15(10)23/h6-7H,1,3-5H2,2H3,(H,18,21)/b12-9-. The Morgan fingerprint density at radius 2 is 2.13 bits per heavy atom. The highest BCUT2D eigenvalue weighted by Crippen LogP contribution is 2.41. The molecule has 2 aliphatic rings. The van der Waals surface area contributed by atoms with Gasteiger partial charge >= 0.3 is 0 Å². The maximum absolute atomic E-state index is 14.0.